The van der Waals surface area contributed by atoms with Gasteiger partial charge in [0.15, 0.2) is 11.5 Å². The minimum atomic E-state index is -3.79. The standard InChI is InChI=1S/C14H14N2O5S2/c15-23(18,19)13-5-9(8-22-13)14(17)16-6-10-7-20-11-3-1-2-4-12(11)21-10/h1-5,8,10H,6-7H2,(H,16,17)(H2,15,18,19)/t10-/m0/s1. The van der Waals surface area contributed by atoms with E-state index in [1.807, 2.05) is 18.2 Å². The van der Waals surface area contributed by atoms with Crippen LogP contribution in [-0.2, 0) is 10.0 Å². The molecule has 0 saturated heterocycles. The molecule has 0 unspecified atom stereocenters. The van der Waals surface area contributed by atoms with Crippen LogP contribution in [0.25, 0.3) is 0 Å². The molecule has 3 N–H and O–H groups in total. The summed E-state index contributed by atoms with van der Waals surface area (Å²) in [6.45, 7) is 0.567. The third kappa shape index (κ3) is 3.63. The van der Waals surface area contributed by atoms with Crippen molar-refractivity contribution in [2.45, 2.75) is 10.3 Å². The molecule has 7 nitrogen and oxygen atoms in total. The van der Waals surface area contributed by atoms with Crippen LogP contribution in [0.1, 0.15) is 10.4 Å². The van der Waals surface area contributed by atoms with Crippen molar-refractivity contribution in [2.24, 2.45) is 5.14 Å². The summed E-state index contributed by atoms with van der Waals surface area (Å²) in [5, 5.41) is 9.16. The van der Waals surface area contributed by atoms with Crippen LogP contribution < -0.4 is 19.9 Å². The summed E-state index contributed by atoms with van der Waals surface area (Å²) in [6, 6.07) is 8.54. The molecule has 2 aromatic rings. The normalized spacial score (nSPS) is 16.8. The monoisotopic (exact) mass is 354 g/mol. The summed E-state index contributed by atoms with van der Waals surface area (Å²) in [5.41, 5.74) is 0.246. The highest BCUT2D eigenvalue weighted by Crippen LogP contribution is 2.30. The van der Waals surface area contributed by atoms with Gasteiger partial charge in [0.1, 0.15) is 16.9 Å². The molecule has 9 heteroatoms. The number of amides is 1. The first kappa shape index (κ1) is 15.8. The van der Waals surface area contributed by atoms with E-state index in [1.165, 1.54) is 11.4 Å². The molecule has 0 radical (unpaired) electrons. The predicted molar refractivity (Wildman–Crippen MR) is 84.4 cm³/mol. The van der Waals surface area contributed by atoms with Crippen LogP contribution in [0, 0.1) is 0 Å². The molecule has 0 bridgehead atoms. The number of benzene rings is 1. The van der Waals surface area contributed by atoms with E-state index in [0.29, 0.717) is 18.1 Å². The fourth-order valence-corrected chi connectivity index (χ4v) is 3.64. The summed E-state index contributed by atoms with van der Waals surface area (Å²) >= 11 is 0.907. The molecule has 1 atom stereocenters. The van der Waals surface area contributed by atoms with E-state index in [9.17, 15) is 13.2 Å². The van der Waals surface area contributed by atoms with Crippen molar-refractivity contribution in [2.75, 3.05) is 13.2 Å². The van der Waals surface area contributed by atoms with Gasteiger partial charge in [0.25, 0.3) is 5.91 Å². The maximum absolute atomic E-state index is 12.0. The van der Waals surface area contributed by atoms with Crippen LogP contribution in [0.3, 0.4) is 0 Å². The van der Waals surface area contributed by atoms with Gasteiger partial charge in [-0.05, 0) is 18.2 Å². The van der Waals surface area contributed by atoms with E-state index in [2.05, 4.69) is 5.32 Å². The maximum atomic E-state index is 12.0. The van der Waals surface area contributed by atoms with E-state index < -0.39 is 15.9 Å². The Kier molecular flexibility index (Phi) is 4.24. The quantitative estimate of drug-likeness (QED) is 0.850. The Hall–Kier alpha value is -2.10. The lowest BCUT2D eigenvalue weighted by molar-refractivity contribution is 0.0789. The Morgan fingerprint density at radius 2 is 2.09 bits per heavy atom. The molecule has 1 aliphatic heterocycles. The number of carbonyl (C=O) groups is 1. The van der Waals surface area contributed by atoms with E-state index >= 15 is 0 Å². The SMILES string of the molecule is NS(=O)(=O)c1cc(C(=O)NC[C@H]2COc3ccccc3O2)cs1. The largest absolute Gasteiger partial charge is 0.486 e. The van der Waals surface area contributed by atoms with Crippen LogP contribution in [0.2, 0.25) is 0 Å². The van der Waals surface area contributed by atoms with E-state index in [-0.39, 0.29) is 22.4 Å². The maximum Gasteiger partial charge on any atom is 0.252 e. The zero-order valence-electron chi connectivity index (χ0n) is 11.9. The average Bonchev–Trinajstić information content (AvgIpc) is 3.02. The number of para-hydroxylation sites is 2. The minimum absolute atomic E-state index is 0.0474. The molecule has 0 aliphatic carbocycles. The van der Waals surface area contributed by atoms with Crippen molar-refractivity contribution in [3.63, 3.8) is 0 Å². The smallest absolute Gasteiger partial charge is 0.252 e. The van der Waals surface area contributed by atoms with E-state index in [4.69, 9.17) is 14.6 Å². The average molecular weight is 354 g/mol. The van der Waals surface area contributed by atoms with Crippen LogP contribution in [0.4, 0.5) is 0 Å². The summed E-state index contributed by atoms with van der Waals surface area (Å²) in [6.07, 6.45) is -0.315. The Morgan fingerprint density at radius 3 is 2.78 bits per heavy atom. The molecule has 23 heavy (non-hydrogen) atoms. The third-order valence-corrected chi connectivity index (χ3v) is 5.56. The van der Waals surface area contributed by atoms with E-state index in [1.54, 1.807) is 6.07 Å². The van der Waals surface area contributed by atoms with Gasteiger partial charge in [-0.3, -0.25) is 4.79 Å². The number of nitrogens with one attached hydrogen (secondary N) is 1. The summed E-state index contributed by atoms with van der Waals surface area (Å²) in [5.74, 6) is 0.911. The number of ether oxygens (including phenoxy) is 2. The Labute approximate surface area is 137 Å². The van der Waals surface area contributed by atoms with Gasteiger partial charge < -0.3 is 14.8 Å². The zero-order valence-corrected chi connectivity index (χ0v) is 13.5. The molecule has 0 saturated carbocycles. The van der Waals surface area contributed by atoms with Crippen LogP contribution in [0.5, 0.6) is 11.5 Å². The molecule has 0 spiro atoms. The molecule has 2 heterocycles. The highest BCUT2D eigenvalue weighted by molar-refractivity contribution is 7.91. The van der Waals surface area contributed by atoms with Gasteiger partial charge in [-0.2, -0.15) is 0 Å². The highest BCUT2D eigenvalue weighted by Gasteiger charge is 2.22. The van der Waals surface area contributed by atoms with Crippen LogP contribution in [0.15, 0.2) is 39.9 Å². The van der Waals surface area contributed by atoms with Gasteiger partial charge in [0.05, 0.1) is 12.1 Å². The predicted octanol–water partition coefficient (Wildman–Crippen LogP) is 0.965. The third-order valence-electron chi connectivity index (χ3n) is 3.18. The number of sulfonamides is 1. The van der Waals surface area contributed by atoms with Crippen molar-refractivity contribution < 1.29 is 22.7 Å². The molecule has 3 rings (SSSR count). The first-order valence-electron chi connectivity index (χ1n) is 6.71. The van der Waals surface area contributed by atoms with Gasteiger partial charge >= 0.3 is 0 Å². The fraction of sp³-hybridized carbons (Fsp3) is 0.214. The lowest BCUT2D eigenvalue weighted by Gasteiger charge is -2.26. The number of nitrogens with two attached hydrogens (primary N) is 1. The molecular weight excluding hydrogens is 340 g/mol. The number of primary sulfonamides is 1. The summed E-state index contributed by atoms with van der Waals surface area (Å²) < 4.78 is 33.7. The second kappa shape index (κ2) is 6.19. The molecule has 1 aliphatic rings. The first-order valence-corrected chi connectivity index (χ1v) is 9.14. The fourth-order valence-electron chi connectivity index (χ4n) is 2.06. The van der Waals surface area contributed by atoms with Crippen molar-refractivity contribution in [1.82, 2.24) is 5.32 Å². The van der Waals surface area contributed by atoms with Gasteiger partial charge in [-0.1, -0.05) is 12.1 Å². The number of carbonyl (C=O) groups excluding carboxylic acids is 1. The molecule has 122 valence electrons. The van der Waals surface area contributed by atoms with Crippen molar-refractivity contribution in [3.05, 3.63) is 41.3 Å². The minimum Gasteiger partial charge on any atom is -0.486 e. The molecule has 0 fully saturated rings. The molecular formula is C14H14N2O5S2. The lowest BCUT2D eigenvalue weighted by atomic mass is 10.2. The van der Waals surface area contributed by atoms with Gasteiger partial charge in [0, 0.05) is 5.38 Å². The first-order chi connectivity index (χ1) is 10.9. The van der Waals surface area contributed by atoms with Gasteiger partial charge in [-0.15, -0.1) is 11.3 Å². The molecule has 1 aromatic heterocycles. The highest BCUT2D eigenvalue weighted by atomic mass is 32.2. The Morgan fingerprint density at radius 1 is 1.35 bits per heavy atom. The Balaban J connectivity index is 1.59. The van der Waals surface area contributed by atoms with Gasteiger partial charge in [0.2, 0.25) is 10.0 Å². The van der Waals surface area contributed by atoms with Crippen molar-refractivity contribution in [3.8, 4) is 11.5 Å². The number of hydrogen-bond acceptors (Lipinski definition) is 6. The lowest BCUT2D eigenvalue weighted by Crippen LogP contribution is -2.40. The van der Waals surface area contributed by atoms with Crippen LogP contribution in [-0.4, -0.2) is 33.6 Å². The number of hydrogen-bond donors (Lipinski definition) is 2. The van der Waals surface area contributed by atoms with Crippen LogP contribution >= 0.6 is 11.3 Å². The van der Waals surface area contributed by atoms with Crippen molar-refractivity contribution in [1.29, 1.82) is 0 Å². The number of rotatable bonds is 4. The summed E-state index contributed by atoms with van der Waals surface area (Å²) in [7, 11) is -3.79. The zero-order chi connectivity index (χ0) is 16.4. The Bertz CT molecular complexity index is 831. The molecule has 1 aromatic carbocycles. The molecule has 1 amide bonds. The topological polar surface area (TPSA) is 108 Å². The van der Waals surface area contributed by atoms with Crippen molar-refractivity contribution >= 4 is 27.3 Å². The second-order valence-electron chi connectivity index (χ2n) is 4.91. The number of fused-ring (bicyclic) bond motifs is 1. The second-order valence-corrected chi connectivity index (χ2v) is 7.61. The van der Waals surface area contributed by atoms with Gasteiger partial charge in [-0.25, -0.2) is 13.6 Å². The van der Waals surface area contributed by atoms with E-state index in [0.717, 1.165) is 11.3 Å². The summed E-state index contributed by atoms with van der Waals surface area (Å²) in [4.78, 5) is 12.0. The number of thiophene rings is 1.